The zero-order valence-corrected chi connectivity index (χ0v) is 18.6. The predicted molar refractivity (Wildman–Crippen MR) is 120 cm³/mol. The van der Waals surface area contributed by atoms with Gasteiger partial charge < -0.3 is 4.90 Å². The van der Waals surface area contributed by atoms with Crippen LogP contribution in [0.25, 0.3) is 11.3 Å². The van der Waals surface area contributed by atoms with E-state index in [1.54, 1.807) is 37.2 Å². The van der Waals surface area contributed by atoms with Crippen LogP contribution in [0.15, 0.2) is 59.6 Å². The Morgan fingerprint density at radius 2 is 1.97 bits per heavy atom. The van der Waals surface area contributed by atoms with Gasteiger partial charge >= 0.3 is 0 Å². The molecule has 168 valence electrons. The summed E-state index contributed by atoms with van der Waals surface area (Å²) in [6, 6.07) is 14.0. The van der Waals surface area contributed by atoms with Gasteiger partial charge in [0.25, 0.3) is 5.91 Å². The lowest BCUT2D eigenvalue weighted by molar-refractivity contribution is 0.0827. The van der Waals surface area contributed by atoms with E-state index in [0.717, 1.165) is 22.6 Å². The molecule has 10 nitrogen and oxygen atoms in total. The second-order valence-electron chi connectivity index (χ2n) is 7.73. The Balaban J connectivity index is 1.33. The Labute approximate surface area is 186 Å². The van der Waals surface area contributed by atoms with Crippen molar-refractivity contribution in [1.82, 2.24) is 25.1 Å². The Bertz CT molecular complexity index is 1210. The maximum atomic E-state index is 12.2. The fourth-order valence-electron chi connectivity index (χ4n) is 3.40. The lowest BCUT2D eigenvalue weighted by atomic mass is 10.1. The van der Waals surface area contributed by atoms with Crippen LogP contribution in [0.5, 0.6) is 0 Å². The van der Waals surface area contributed by atoms with Crippen molar-refractivity contribution in [3.8, 4) is 11.3 Å². The molecule has 0 fully saturated rings. The lowest BCUT2D eigenvalue weighted by Crippen LogP contribution is -2.41. The molecule has 0 saturated heterocycles. The van der Waals surface area contributed by atoms with E-state index in [0.29, 0.717) is 25.1 Å². The number of rotatable bonds is 7. The van der Waals surface area contributed by atoms with Gasteiger partial charge in [-0.1, -0.05) is 24.3 Å². The smallest absolute Gasteiger partial charge is 0.253 e. The van der Waals surface area contributed by atoms with Gasteiger partial charge in [0.2, 0.25) is 10.0 Å². The first-order chi connectivity index (χ1) is 15.2. The summed E-state index contributed by atoms with van der Waals surface area (Å²) in [4.78, 5) is 18.5. The minimum Gasteiger partial charge on any atom is -0.345 e. The molecule has 3 aromatic rings. The largest absolute Gasteiger partial charge is 0.345 e. The first-order valence-corrected chi connectivity index (χ1v) is 11.5. The highest BCUT2D eigenvalue weighted by atomic mass is 32.2. The molecule has 0 unspecified atom stereocenters. The average Bonchev–Trinajstić information content (AvgIpc) is 3.32. The Morgan fingerprint density at radius 1 is 1.22 bits per heavy atom. The number of hydrogen-bond acceptors (Lipinski definition) is 7. The quantitative estimate of drug-likeness (QED) is 0.484. The average molecular weight is 456 g/mol. The van der Waals surface area contributed by atoms with Crippen LogP contribution in [0.4, 0.5) is 0 Å². The van der Waals surface area contributed by atoms with E-state index in [9.17, 15) is 13.2 Å². The van der Waals surface area contributed by atoms with Crippen LogP contribution in [0, 0.1) is 0 Å². The molecule has 1 aromatic heterocycles. The van der Waals surface area contributed by atoms with Crippen LogP contribution >= 0.6 is 0 Å². The number of sulfonamides is 1. The zero-order valence-electron chi connectivity index (χ0n) is 17.8. The van der Waals surface area contributed by atoms with Gasteiger partial charge in [0, 0.05) is 31.8 Å². The van der Waals surface area contributed by atoms with Crippen LogP contribution in [0.3, 0.4) is 0 Å². The van der Waals surface area contributed by atoms with Crippen molar-refractivity contribution in [2.75, 3.05) is 26.2 Å². The third-order valence-corrected chi connectivity index (χ3v) is 6.02. The number of aromatic nitrogens is 2. The number of nitrogens with two attached hydrogens (primary N) is 1. The Kier molecular flexibility index (Phi) is 5.98. The molecular formula is C21H25N7O3S. The minimum absolute atomic E-state index is 0.0496. The van der Waals surface area contributed by atoms with E-state index in [2.05, 4.69) is 15.9 Å². The van der Waals surface area contributed by atoms with Crippen molar-refractivity contribution in [3.63, 3.8) is 0 Å². The first kappa shape index (κ1) is 22.0. The number of imidazole rings is 1. The number of fused-ring (bicyclic) bond motifs is 1. The molecule has 2 heterocycles. The lowest BCUT2D eigenvalue weighted by Gasteiger charge is -2.17. The second kappa shape index (κ2) is 8.71. The number of nitrogens with zero attached hydrogens (tertiary/aromatic N) is 4. The maximum absolute atomic E-state index is 12.2. The monoisotopic (exact) mass is 455 g/mol. The van der Waals surface area contributed by atoms with Crippen molar-refractivity contribution in [2.24, 2.45) is 5.14 Å². The van der Waals surface area contributed by atoms with E-state index in [1.165, 1.54) is 12.1 Å². The number of hydrazine groups is 2. The third kappa shape index (κ3) is 4.81. The van der Waals surface area contributed by atoms with Crippen LogP contribution in [-0.2, 0) is 23.0 Å². The summed E-state index contributed by atoms with van der Waals surface area (Å²) in [6.07, 6.45) is 2.60. The zero-order chi connectivity index (χ0) is 22.9. The molecule has 32 heavy (non-hydrogen) atoms. The molecule has 2 aromatic carbocycles. The van der Waals surface area contributed by atoms with Crippen molar-refractivity contribution in [2.45, 2.75) is 17.9 Å². The topological polar surface area (TPSA) is 126 Å². The van der Waals surface area contributed by atoms with Gasteiger partial charge in [-0.05, 0) is 36.2 Å². The first-order valence-electron chi connectivity index (χ1n) is 10.0. The number of hydrogen-bond donors (Lipinski definition) is 3. The molecule has 1 aliphatic heterocycles. The molecule has 4 rings (SSSR count). The molecule has 0 spiro atoms. The SMILES string of the molecule is CN(C)C(=O)c1cccc(-c2cn3c(n2)CN(NCCc2ccc(S(N)(=O)=O)cc2)N3)c1. The second-order valence-corrected chi connectivity index (χ2v) is 9.29. The van der Waals surface area contributed by atoms with Gasteiger partial charge in [-0.2, -0.15) is 0 Å². The minimum atomic E-state index is -3.67. The van der Waals surface area contributed by atoms with E-state index in [1.807, 2.05) is 34.2 Å². The van der Waals surface area contributed by atoms with E-state index in [-0.39, 0.29) is 10.8 Å². The van der Waals surface area contributed by atoms with Gasteiger partial charge in [0.1, 0.15) is 5.82 Å². The van der Waals surface area contributed by atoms with Gasteiger partial charge in [-0.25, -0.2) is 34.2 Å². The van der Waals surface area contributed by atoms with E-state index in [4.69, 9.17) is 5.14 Å². The molecule has 0 aliphatic carbocycles. The van der Waals surface area contributed by atoms with Crippen LogP contribution in [0.1, 0.15) is 21.7 Å². The summed E-state index contributed by atoms with van der Waals surface area (Å²) in [6.45, 7) is 1.20. The predicted octanol–water partition coefficient (Wildman–Crippen LogP) is 0.921. The summed E-state index contributed by atoms with van der Waals surface area (Å²) in [7, 11) is -0.219. The molecule has 4 N–H and O–H groups in total. The van der Waals surface area contributed by atoms with Crippen molar-refractivity contribution in [1.29, 1.82) is 0 Å². The Hall–Kier alpha value is -3.25. The molecule has 11 heteroatoms. The van der Waals surface area contributed by atoms with Crippen LogP contribution in [0.2, 0.25) is 0 Å². The number of benzene rings is 2. The third-order valence-electron chi connectivity index (χ3n) is 5.09. The van der Waals surface area contributed by atoms with Crippen LogP contribution in [-0.4, -0.2) is 54.6 Å². The van der Waals surface area contributed by atoms with Gasteiger partial charge in [-0.3, -0.25) is 4.79 Å². The fourth-order valence-corrected chi connectivity index (χ4v) is 3.92. The molecule has 0 saturated carbocycles. The van der Waals surface area contributed by atoms with Gasteiger partial charge in [-0.15, -0.1) is 5.12 Å². The summed E-state index contributed by atoms with van der Waals surface area (Å²) >= 11 is 0. The summed E-state index contributed by atoms with van der Waals surface area (Å²) in [5.74, 6) is 0.792. The number of carbonyl (C=O) groups excluding carboxylic acids is 1. The highest BCUT2D eigenvalue weighted by Crippen LogP contribution is 2.22. The summed E-state index contributed by atoms with van der Waals surface area (Å²) in [5, 5.41) is 6.95. The molecule has 0 bridgehead atoms. The van der Waals surface area contributed by atoms with Crippen molar-refractivity contribution < 1.29 is 13.2 Å². The number of carbonyl (C=O) groups is 1. The highest BCUT2D eigenvalue weighted by Gasteiger charge is 2.21. The number of nitrogens with one attached hydrogen (secondary N) is 2. The highest BCUT2D eigenvalue weighted by molar-refractivity contribution is 7.89. The number of primary sulfonamides is 1. The van der Waals surface area contributed by atoms with Gasteiger partial charge in [0.05, 0.1) is 23.3 Å². The van der Waals surface area contributed by atoms with Gasteiger partial charge in [0.15, 0.2) is 0 Å². The van der Waals surface area contributed by atoms with Crippen LogP contribution < -0.4 is 16.1 Å². The normalized spacial score (nSPS) is 13.6. The molecular weight excluding hydrogens is 430 g/mol. The number of amides is 1. The standard InChI is InChI=1S/C21H25N7O3S/c1-26(2)21(29)17-5-3-4-16(12-17)19-13-27-20(24-19)14-28(25-27)23-11-10-15-6-8-18(9-7-15)32(22,30)31/h3-9,12-13,23,25H,10-11,14H2,1-2H3,(H2,22,30,31). The molecule has 1 amide bonds. The summed E-state index contributed by atoms with van der Waals surface area (Å²) < 4.78 is 24.5. The molecule has 0 atom stereocenters. The maximum Gasteiger partial charge on any atom is 0.253 e. The van der Waals surface area contributed by atoms with E-state index < -0.39 is 10.0 Å². The summed E-state index contributed by atoms with van der Waals surface area (Å²) in [5.41, 5.74) is 9.75. The Morgan fingerprint density at radius 3 is 2.62 bits per heavy atom. The van der Waals surface area contributed by atoms with Crippen molar-refractivity contribution in [3.05, 3.63) is 71.7 Å². The van der Waals surface area contributed by atoms with Crippen molar-refractivity contribution >= 4 is 15.9 Å². The fraction of sp³-hybridized carbons (Fsp3) is 0.238. The molecule has 1 aliphatic rings. The van der Waals surface area contributed by atoms with E-state index >= 15 is 0 Å². The molecule has 0 radical (unpaired) electrons.